The molecule has 0 aliphatic carbocycles. The number of hydrogen-bond donors (Lipinski definition) is 3. The molecule has 4 aromatic carbocycles. The number of benzene rings is 4. The van der Waals surface area contributed by atoms with Gasteiger partial charge in [0.25, 0.3) is 5.91 Å². The first-order chi connectivity index (χ1) is 21.9. The van der Waals surface area contributed by atoms with E-state index in [0.29, 0.717) is 43.7 Å². The molecule has 0 unspecified atom stereocenters. The maximum Gasteiger partial charge on any atom is 0.254 e. The Kier molecular flexibility index (Phi) is 8.65. The highest BCUT2D eigenvalue weighted by Crippen LogP contribution is 2.33. The predicted octanol–water partition coefficient (Wildman–Crippen LogP) is 4.49. The molecule has 1 amide bonds. The number of imidazole rings is 1. The molecule has 1 aromatic heterocycles. The fourth-order valence-electron chi connectivity index (χ4n) is 5.59. The Morgan fingerprint density at radius 2 is 1.71 bits per heavy atom. The van der Waals surface area contributed by atoms with Crippen molar-refractivity contribution in [3.63, 3.8) is 0 Å². The zero-order valence-corrected chi connectivity index (χ0v) is 25.2. The van der Waals surface area contributed by atoms with Crippen LogP contribution in [-0.2, 0) is 25.9 Å². The van der Waals surface area contributed by atoms with Gasteiger partial charge in [-0.05, 0) is 65.6 Å². The van der Waals surface area contributed by atoms with Crippen LogP contribution in [0.3, 0.4) is 0 Å². The normalized spacial score (nSPS) is 12.0. The van der Waals surface area contributed by atoms with Gasteiger partial charge in [0, 0.05) is 43.7 Å². The minimum absolute atomic E-state index is 0.0472. The number of nitrogens with two attached hydrogens (primary N) is 2. The van der Waals surface area contributed by atoms with Crippen LogP contribution in [0.5, 0.6) is 17.2 Å². The third-order valence-electron chi connectivity index (χ3n) is 7.95. The summed E-state index contributed by atoms with van der Waals surface area (Å²) < 4.78 is 18.7. The Bertz CT molecular complexity index is 1850. The monoisotopic (exact) mass is 604 g/mol. The number of methoxy groups -OCH3 is 1. The molecule has 0 saturated carbocycles. The molecule has 45 heavy (non-hydrogen) atoms. The summed E-state index contributed by atoms with van der Waals surface area (Å²) in [6.07, 6.45) is 1.43. The zero-order valence-electron chi connectivity index (χ0n) is 25.2. The minimum atomic E-state index is -0.109. The molecule has 10 nitrogen and oxygen atoms in total. The van der Waals surface area contributed by atoms with Crippen molar-refractivity contribution in [1.82, 2.24) is 14.5 Å². The number of aromatic nitrogens is 2. The Morgan fingerprint density at radius 3 is 2.49 bits per heavy atom. The fraction of sp³-hybridized carbons (Fsp3) is 0.229. The van der Waals surface area contributed by atoms with Gasteiger partial charge in [0.1, 0.15) is 17.4 Å². The second-order valence-electron chi connectivity index (χ2n) is 11.0. The molecule has 5 N–H and O–H groups in total. The van der Waals surface area contributed by atoms with E-state index in [9.17, 15) is 4.79 Å². The van der Waals surface area contributed by atoms with E-state index >= 15 is 0 Å². The summed E-state index contributed by atoms with van der Waals surface area (Å²) in [5.41, 5.74) is 17.6. The number of nitrogens with one attached hydrogen (secondary N) is 1. The first-order valence-electron chi connectivity index (χ1n) is 14.8. The highest BCUT2D eigenvalue weighted by molar-refractivity contribution is 5.97. The highest BCUT2D eigenvalue weighted by atomic mass is 16.7. The molecule has 0 atom stereocenters. The van der Waals surface area contributed by atoms with Gasteiger partial charge in [-0.1, -0.05) is 42.5 Å². The number of hydrogen-bond acceptors (Lipinski definition) is 7. The van der Waals surface area contributed by atoms with E-state index in [2.05, 4.69) is 4.57 Å². The van der Waals surface area contributed by atoms with Gasteiger partial charge in [-0.15, -0.1) is 0 Å². The van der Waals surface area contributed by atoms with Gasteiger partial charge in [-0.3, -0.25) is 10.2 Å². The van der Waals surface area contributed by atoms with Gasteiger partial charge < -0.3 is 35.1 Å². The van der Waals surface area contributed by atoms with Crippen molar-refractivity contribution in [2.24, 2.45) is 11.5 Å². The SMILES string of the molecule is COc1cccc(CN(CCN)C(=O)c2ccc3c(c2)nc(CCc2ccc(C(=N)N)cc2)n3Cc2ccc3c(c2)OCO3)c1. The van der Waals surface area contributed by atoms with Crippen molar-refractivity contribution in [1.29, 1.82) is 5.41 Å². The average molecular weight is 605 g/mol. The molecule has 10 heteroatoms. The number of aryl methyl sites for hydroxylation is 2. The minimum Gasteiger partial charge on any atom is -0.497 e. The van der Waals surface area contributed by atoms with Crippen molar-refractivity contribution in [2.45, 2.75) is 25.9 Å². The molecular weight excluding hydrogens is 568 g/mol. The number of amidine groups is 1. The van der Waals surface area contributed by atoms with Gasteiger partial charge in [-0.2, -0.15) is 0 Å². The van der Waals surface area contributed by atoms with Crippen LogP contribution < -0.4 is 25.7 Å². The summed E-state index contributed by atoms with van der Waals surface area (Å²) in [5.74, 6) is 3.05. The van der Waals surface area contributed by atoms with Gasteiger partial charge in [0.2, 0.25) is 6.79 Å². The van der Waals surface area contributed by atoms with Crippen LogP contribution >= 0.6 is 0 Å². The lowest BCUT2D eigenvalue weighted by molar-refractivity contribution is 0.0748. The second kappa shape index (κ2) is 13.1. The van der Waals surface area contributed by atoms with Gasteiger partial charge in [0.15, 0.2) is 11.5 Å². The Morgan fingerprint density at radius 1 is 0.933 bits per heavy atom. The van der Waals surface area contributed by atoms with Crippen LogP contribution in [-0.4, -0.2) is 53.2 Å². The standard InChI is InChI=1S/C35H36N6O4/c1-43-28-4-2-3-24(17-28)20-40(16-15-36)35(42)27-11-12-30-29(19-27)39-33(14-8-23-5-9-26(10-6-23)34(37)38)41(30)21-25-7-13-31-32(18-25)45-22-44-31/h2-7,9-13,17-19H,8,14-16,20-22,36H2,1H3,(H3,37,38). The molecule has 1 aliphatic heterocycles. The first kappa shape index (κ1) is 29.7. The lowest BCUT2D eigenvalue weighted by Crippen LogP contribution is -2.34. The molecule has 0 fully saturated rings. The van der Waals surface area contributed by atoms with Crippen molar-refractivity contribution >= 4 is 22.8 Å². The number of carbonyl (C=O) groups excluding carboxylic acids is 1. The number of ether oxygens (including phenoxy) is 3. The smallest absolute Gasteiger partial charge is 0.254 e. The molecule has 6 rings (SSSR count). The zero-order chi connectivity index (χ0) is 31.3. The topological polar surface area (TPSA) is 142 Å². The quantitative estimate of drug-likeness (QED) is 0.141. The summed E-state index contributed by atoms with van der Waals surface area (Å²) in [5, 5.41) is 7.66. The molecule has 0 saturated heterocycles. The maximum atomic E-state index is 13.8. The molecule has 1 aliphatic rings. The Balaban J connectivity index is 1.30. The van der Waals surface area contributed by atoms with E-state index in [1.54, 1.807) is 12.0 Å². The summed E-state index contributed by atoms with van der Waals surface area (Å²) in [6, 6.07) is 27.1. The van der Waals surface area contributed by atoms with Crippen molar-refractivity contribution in [3.05, 3.63) is 119 Å². The number of nitrogens with zero attached hydrogens (tertiary/aromatic N) is 3. The molecule has 230 valence electrons. The molecule has 2 heterocycles. The number of rotatable bonds is 12. The number of fused-ring (bicyclic) bond motifs is 2. The van der Waals surface area contributed by atoms with Gasteiger partial charge >= 0.3 is 0 Å². The third kappa shape index (κ3) is 6.61. The first-order valence-corrected chi connectivity index (χ1v) is 14.8. The van der Waals surface area contributed by atoms with Crippen molar-refractivity contribution < 1.29 is 19.0 Å². The van der Waals surface area contributed by atoms with Crippen LogP contribution in [0.1, 0.15) is 38.4 Å². The predicted molar refractivity (Wildman–Crippen MR) is 173 cm³/mol. The van der Waals surface area contributed by atoms with E-state index < -0.39 is 0 Å². The van der Waals surface area contributed by atoms with Crippen LogP contribution in [0.15, 0.2) is 84.9 Å². The van der Waals surface area contributed by atoms with Crippen LogP contribution in [0, 0.1) is 5.41 Å². The van der Waals surface area contributed by atoms with Crippen LogP contribution in [0.4, 0.5) is 0 Å². The number of carbonyl (C=O) groups is 1. The van der Waals surface area contributed by atoms with Gasteiger partial charge in [-0.25, -0.2) is 4.98 Å². The fourth-order valence-corrected chi connectivity index (χ4v) is 5.59. The molecule has 0 radical (unpaired) electrons. The molecular formula is C35H36N6O4. The van der Waals surface area contributed by atoms with E-state index in [-0.39, 0.29) is 18.5 Å². The Hall–Kier alpha value is -5.35. The van der Waals surface area contributed by atoms with Gasteiger partial charge in [0.05, 0.1) is 18.1 Å². The average Bonchev–Trinajstić information content (AvgIpc) is 3.67. The summed E-state index contributed by atoms with van der Waals surface area (Å²) in [7, 11) is 1.63. The van der Waals surface area contributed by atoms with E-state index in [1.807, 2.05) is 84.9 Å². The summed E-state index contributed by atoms with van der Waals surface area (Å²) >= 11 is 0. The Labute approximate surface area is 261 Å². The van der Waals surface area contributed by atoms with Crippen LogP contribution in [0.2, 0.25) is 0 Å². The third-order valence-corrected chi connectivity index (χ3v) is 7.95. The van der Waals surface area contributed by atoms with Crippen LogP contribution in [0.25, 0.3) is 11.0 Å². The highest BCUT2D eigenvalue weighted by Gasteiger charge is 2.20. The van der Waals surface area contributed by atoms with Crippen molar-refractivity contribution in [3.8, 4) is 17.2 Å². The summed E-state index contributed by atoms with van der Waals surface area (Å²) in [4.78, 5) is 20.6. The lowest BCUT2D eigenvalue weighted by atomic mass is 10.1. The van der Waals surface area contributed by atoms with E-state index in [4.69, 9.17) is 36.1 Å². The lowest BCUT2D eigenvalue weighted by Gasteiger charge is -2.22. The molecule has 0 spiro atoms. The largest absolute Gasteiger partial charge is 0.497 e. The van der Waals surface area contributed by atoms with E-state index in [0.717, 1.165) is 57.2 Å². The van der Waals surface area contributed by atoms with E-state index in [1.165, 1.54) is 0 Å². The molecule has 0 bridgehead atoms. The number of nitrogen functional groups attached to an aromatic ring is 1. The van der Waals surface area contributed by atoms with Crippen molar-refractivity contribution in [2.75, 3.05) is 27.0 Å². The maximum absolute atomic E-state index is 13.8. The number of amides is 1. The summed E-state index contributed by atoms with van der Waals surface area (Å²) in [6.45, 7) is 1.97. The second-order valence-corrected chi connectivity index (χ2v) is 11.0. The molecule has 5 aromatic rings.